The molecule has 16 nitrogen and oxygen atoms in total. The fourth-order valence-corrected chi connectivity index (χ4v) is 7.11. The molecule has 1 unspecified atom stereocenters. The van der Waals surface area contributed by atoms with Crippen LogP contribution in [0.4, 0.5) is 0 Å². The smallest absolute Gasteiger partial charge is 0.244 e. The first-order valence-corrected chi connectivity index (χ1v) is 19.8. The highest BCUT2D eigenvalue weighted by molar-refractivity contribution is 5.95. The lowest BCUT2D eigenvalue weighted by Gasteiger charge is -2.39. The molecular formula is C37H71N9O7. The number of nitrogens with one attached hydrogen (secondary N) is 5. The molecule has 0 radical (unpaired) electrons. The van der Waals surface area contributed by atoms with Gasteiger partial charge >= 0.3 is 0 Å². The van der Waals surface area contributed by atoms with Gasteiger partial charge in [0, 0.05) is 31.6 Å². The number of hydrogen-bond donors (Lipinski definition) is 9. The van der Waals surface area contributed by atoms with Gasteiger partial charge in [-0.2, -0.15) is 0 Å². The van der Waals surface area contributed by atoms with Crippen molar-refractivity contribution in [1.82, 2.24) is 31.5 Å². The Hall–Kier alpha value is -2.89. The van der Waals surface area contributed by atoms with Gasteiger partial charge in [-0.25, -0.2) is 0 Å². The van der Waals surface area contributed by atoms with Crippen LogP contribution >= 0.6 is 0 Å². The summed E-state index contributed by atoms with van der Waals surface area (Å²) in [6.45, 7) is 9.15. The van der Waals surface area contributed by atoms with Crippen molar-refractivity contribution in [1.29, 1.82) is 0 Å². The lowest BCUT2D eigenvalue weighted by atomic mass is 9.83. The number of aliphatic hydroxyl groups excluding tert-OH is 1. The number of carbonyl (C=O) groups is 5. The molecule has 12 N–H and O–H groups in total. The molecule has 2 fully saturated rings. The Morgan fingerprint density at radius 1 is 0.925 bits per heavy atom. The molecule has 2 aliphatic rings. The van der Waals surface area contributed by atoms with Gasteiger partial charge in [0.15, 0.2) is 0 Å². The summed E-state index contributed by atoms with van der Waals surface area (Å²) in [7, 11) is 1.72. The first kappa shape index (κ1) is 46.3. The predicted molar refractivity (Wildman–Crippen MR) is 204 cm³/mol. The number of likely N-dealkylation sites (N-methyl/N-ethyl adjacent to an activating group) is 1. The largest absolute Gasteiger partial charge is 0.378 e. The van der Waals surface area contributed by atoms with Crippen LogP contribution in [0.25, 0.3) is 0 Å². The lowest BCUT2D eigenvalue weighted by molar-refractivity contribution is -0.142. The normalized spacial score (nSPS) is 30.2. The summed E-state index contributed by atoms with van der Waals surface area (Å²) in [4.78, 5) is 69.7. The third kappa shape index (κ3) is 15.0. The Balaban J connectivity index is 2.56. The van der Waals surface area contributed by atoms with Gasteiger partial charge in [0.25, 0.3) is 0 Å². The second kappa shape index (κ2) is 23.8. The van der Waals surface area contributed by atoms with E-state index in [1.54, 1.807) is 18.9 Å². The molecule has 1 aliphatic carbocycles. The van der Waals surface area contributed by atoms with Crippen molar-refractivity contribution < 1.29 is 33.8 Å². The molecule has 0 aromatic rings. The Morgan fingerprint density at radius 2 is 1.57 bits per heavy atom. The van der Waals surface area contributed by atoms with Crippen LogP contribution in [0.5, 0.6) is 0 Å². The molecule has 0 aromatic heterocycles. The van der Waals surface area contributed by atoms with Crippen molar-refractivity contribution in [2.45, 2.75) is 154 Å². The van der Waals surface area contributed by atoms with E-state index in [1.807, 2.05) is 20.8 Å². The van der Waals surface area contributed by atoms with E-state index in [-0.39, 0.29) is 44.0 Å². The molecule has 1 aliphatic heterocycles. The number of hydrogen-bond acceptors (Lipinski definition) is 11. The van der Waals surface area contributed by atoms with Gasteiger partial charge in [-0.1, -0.05) is 72.6 Å². The Bertz CT molecular complexity index is 1160. The number of nitrogens with two attached hydrogens (primary N) is 3. The summed E-state index contributed by atoms with van der Waals surface area (Å²) in [5.74, 6) is -3.41. The molecule has 5 amide bonds. The lowest BCUT2D eigenvalue weighted by Crippen LogP contribution is -2.63. The van der Waals surface area contributed by atoms with Crippen molar-refractivity contribution >= 4 is 29.5 Å². The minimum Gasteiger partial charge on any atom is -0.378 e. The topological polar surface area (TPSA) is 256 Å². The van der Waals surface area contributed by atoms with E-state index < -0.39 is 78.1 Å². The second-order valence-electron chi connectivity index (χ2n) is 15.5. The first-order chi connectivity index (χ1) is 25.1. The van der Waals surface area contributed by atoms with Crippen molar-refractivity contribution in [2.24, 2.45) is 35.0 Å². The number of rotatable bonds is 13. The van der Waals surface area contributed by atoms with Gasteiger partial charge in [0.2, 0.25) is 29.5 Å². The summed E-state index contributed by atoms with van der Waals surface area (Å²) in [5.41, 5.74) is 17.3. The summed E-state index contributed by atoms with van der Waals surface area (Å²) < 4.78 is 6.41. The number of nitrogens with zero attached hydrogens (tertiary/aromatic N) is 1. The van der Waals surface area contributed by atoms with Crippen molar-refractivity contribution in [2.75, 3.05) is 33.3 Å². The van der Waals surface area contributed by atoms with E-state index >= 15 is 0 Å². The number of carbonyl (C=O) groups excluding carboxylic acids is 5. The zero-order valence-corrected chi connectivity index (χ0v) is 33.0. The van der Waals surface area contributed by atoms with E-state index in [4.69, 9.17) is 21.9 Å². The molecular weight excluding hydrogens is 682 g/mol. The number of aliphatic hydroxyl groups is 1. The third-order valence-electron chi connectivity index (χ3n) is 10.5. The van der Waals surface area contributed by atoms with Crippen LogP contribution in [0.2, 0.25) is 0 Å². The molecule has 9 atom stereocenters. The zero-order valence-electron chi connectivity index (χ0n) is 33.0. The van der Waals surface area contributed by atoms with Crippen LogP contribution in [0.15, 0.2) is 0 Å². The second-order valence-corrected chi connectivity index (χ2v) is 15.5. The highest BCUT2D eigenvalue weighted by atomic mass is 16.5. The standard InChI is InChI=1S/C37H71N9O7/c1-7-8-9-13-16-30-24(5)37(52)46(6)29(17-22(2)3)35(50)45-31(25-14-11-10-12-15-25)36(51)43-27(19-39)33(48)44-28(20-41-32(47)26(40)18-38)34(49)42-23(4)21-53-30/h22-31,37,52H,7-21,38-40H2,1-6H3,(H,41,47)(H,42,49)(H,43,51)(H,44,48)(H,45,50)/t23-,24-,26-,27+,28+,29+,30-,31+,37?/m1/s1. The van der Waals surface area contributed by atoms with Gasteiger partial charge in [0.1, 0.15) is 24.4 Å². The predicted octanol–water partition coefficient (Wildman–Crippen LogP) is -0.443. The molecule has 16 heteroatoms. The van der Waals surface area contributed by atoms with Crippen LogP contribution in [0.1, 0.15) is 105 Å². The van der Waals surface area contributed by atoms with Crippen LogP contribution in [0.3, 0.4) is 0 Å². The molecule has 1 saturated carbocycles. The van der Waals surface area contributed by atoms with Gasteiger partial charge in [-0.15, -0.1) is 0 Å². The molecule has 0 bridgehead atoms. The molecule has 1 saturated heterocycles. The number of ether oxygens (including phenoxy) is 1. The van der Waals surface area contributed by atoms with E-state index in [0.29, 0.717) is 25.7 Å². The quantitative estimate of drug-likeness (QED) is 0.109. The highest BCUT2D eigenvalue weighted by Crippen LogP contribution is 2.28. The molecule has 0 aromatic carbocycles. The molecule has 2 rings (SSSR count). The minimum atomic E-state index is -1.27. The third-order valence-corrected chi connectivity index (χ3v) is 10.5. The maximum absolute atomic E-state index is 14.2. The molecule has 306 valence electrons. The van der Waals surface area contributed by atoms with Crippen LogP contribution in [-0.2, 0) is 28.7 Å². The fourth-order valence-electron chi connectivity index (χ4n) is 7.11. The molecule has 53 heavy (non-hydrogen) atoms. The summed E-state index contributed by atoms with van der Waals surface area (Å²) in [6.07, 6.45) is 7.83. The average Bonchev–Trinajstić information content (AvgIpc) is 3.14. The summed E-state index contributed by atoms with van der Waals surface area (Å²) in [6, 6.07) is -5.79. The van der Waals surface area contributed by atoms with Gasteiger partial charge < -0.3 is 53.6 Å². The summed E-state index contributed by atoms with van der Waals surface area (Å²) >= 11 is 0. The number of amides is 5. The summed E-state index contributed by atoms with van der Waals surface area (Å²) in [5, 5.41) is 25.6. The Morgan fingerprint density at radius 3 is 2.17 bits per heavy atom. The minimum absolute atomic E-state index is 0.0937. The average molecular weight is 754 g/mol. The maximum atomic E-state index is 14.2. The van der Waals surface area contributed by atoms with Gasteiger partial charge in [-0.05, 0) is 51.5 Å². The van der Waals surface area contributed by atoms with Crippen LogP contribution in [-0.4, -0.2) is 121 Å². The molecule has 0 spiro atoms. The SMILES string of the molecule is CCCCCC[C@H]1OC[C@@H](C)NC(=O)[C@H](CNC(=O)[C@H](N)CN)NC(=O)[C@H](CN)NC(=O)[C@H](C2CCCCC2)NC(=O)[C@H](CC(C)C)N(C)C(O)[C@@H]1C. The van der Waals surface area contributed by atoms with Gasteiger partial charge in [-0.3, -0.25) is 28.9 Å². The van der Waals surface area contributed by atoms with Crippen molar-refractivity contribution in [3.63, 3.8) is 0 Å². The Kier molecular flexibility index (Phi) is 20.8. The monoisotopic (exact) mass is 754 g/mol. The van der Waals surface area contributed by atoms with Crippen LogP contribution < -0.4 is 43.8 Å². The van der Waals surface area contributed by atoms with Gasteiger partial charge in [0.05, 0.1) is 24.8 Å². The van der Waals surface area contributed by atoms with E-state index in [2.05, 4.69) is 33.5 Å². The van der Waals surface area contributed by atoms with Crippen molar-refractivity contribution in [3.8, 4) is 0 Å². The van der Waals surface area contributed by atoms with E-state index in [0.717, 1.165) is 44.9 Å². The fraction of sp³-hybridized carbons (Fsp3) is 0.865. The van der Waals surface area contributed by atoms with E-state index in [9.17, 15) is 29.1 Å². The molecule has 1 heterocycles. The van der Waals surface area contributed by atoms with Crippen LogP contribution in [0, 0.1) is 17.8 Å². The zero-order chi connectivity index (χ0) is 39.7. The van der Waals surface area contributed by atoms with E-state index in [1.165, 1.54) is 0 Å². The van der Waals surface area contributed by atoms with Crippen molar-refractivity contribution in [3.05, 3.63) is 0 Å². The maximum Gasteiger partial charge on any atom is 0.244 e. The Labute approximate surface area is 316 Å². The number of unbranched alkanes of at least 4 members (excludes halogenated alkanes) is 3. The first-order valence-electron chi connectivity index (χ1n) is 19.8. The highest BCUT2D eigenvalue weighted by Gasteiger charge is 2.39.